The molecule has 0 bridgehead atoms. The van der Waals surface area contributed by atoms with E-state index in [4.69, 9.17) is 4.74 Å². The fourth-order valence-corrected chi connectivity index (χ4v) is 1.70. The molecule has 0 unspecified atom stereocenters. The quantitative estimate of drug-likeness (QED) is 0.292. The van der Waals surface area contributed by atoms with E-state index in [1.54, 1.807) is 6.08 Å². The van der Waals surface area contributed by atoms with Gasteiger partial charge in [0.05, 0.1) is 0 Å². The molecule has 0 radical (unpaired) electrons. The van der Waals surface area contributed by atoms with Gasteiger partial charge in [-0.2, -0.15) is 0 Å². The Bertz CT molecular complexity index is 418. The summed E-state index contributed by atoms with van der Waals surface area (Å²) >= 11 is 0. The second-order valence-electron chi connectivity index (χ2n) is 4.39. The SMILES string of the molecule is C=CCC=C(OC(=O)CCCCC)c1ccccc1. The van der Waals surface area contributed by atoms with E-state index in [1.807, 2.05) is 36.4 Å². The number of ether oxygens (including phenoxy) is 1. The normalized spacial score (nSPS) is 11.1. The summed E-state index contributed by atoms with van der Waals surface area (Å²) in [5, 5.41) is 0. The first-order chi connectivity index (χ1) is 9.27. The van der Waals surface area contributed by atoms with Crippen LogP contribution in [0.15, 0.2) is 49.1 Å². The van der Waals surface area contributed by atoms with Crippen LogP contribution in [-0.4, -0.2) is 5.97 Å². The van der Waals surface area contributed by atoms with Gasteiger partial charge in [0.25, 0.3) is 0 Å². The van der Waals surface area contributed by atoms with Gasteiger partial charge in [-0.3, -0.25) is 4.79 Å². The molecule has 0 heterocycles. The Hall–Kier alpha value is -1.83. The molecule has 2 nitrogen and oxygen atoms in total. The minimum Gasteiger partial charge on any atom is -0.426 e. The van der Waals surface area contributed by atoms with Gasteiger partial charge in [0.1, 0.15) is 5.76 Å². The lowest BCUT2D eigenvalue weighted by Gasteiger charge is -2.09. The van der Waals surface area contributed by atoms with Gasteiger partial charge < -0.3 is 4.74 Å². The average molecular weight is 258 g/mol. The summed E-state index contributed by atoms with van der Waals surface area (Å²) in [7, 11) is 0. The van der Waals surface area contributed by atoms with E-state index in [0.717, 1.165) is 24.8 Å². The zero-order chi connectivity index (χ0) is 13.9. The molecule has 0 saturated carbocycles. The minimum absolute atomic E-state index is 0.160. The molecule has 1 rings (SSSR count). The third-order valence-corrected chi connectivity index (χ3v) is 2.74. The van der Waals surface area contributed by atoms with Crippen LogP contribution in [0.25, 0.3) is 5.76 Å². The first-order valence-corrected chi connectivity index (χ1v) is 6.85. The minimum atomic E-state index is -0.160. The Balaban J connectivity index is 2.66. The number of benzene rings is 1. The predicted molar refractivity (Wildman–Crippen MR) is 79.5 cm³/mol. The van der Waals surface area contributed by atoms with Gasteiger partial charge in [0, 0.05) is 12.0 Å². The number of unbranched alkanes of at least 4 members (excludes halogenated alkanes) is 2. The number of carbonyl (C=O) groups is 1. The van der Waals surface area contributed by atoms with Gasteiger partial charge in [-0.15, -0.1) is 6.58 Å². The number of hydrogen-bond donors (Lipinski definition) is 0. The molecule has 102 valence electrons. The molecule has 0 aliphatic rings. The van der Waals surface area contributed by atoms with Gasteiger partial charge >= 0.3 is 5.97 Å². The highest BCUT2D eigenvalue weighted by molar-refractivity contribution is 5.78. The maximum atomic E-state index is 11.8. The highest BCUT2D eigenvalue weighted by atomic mass is 16.5. The molecule has 0 aliphatic carbocycles. The Labute approximate surface area is 115 Å². The zero-order valence-corrected chi connectivity index (χ0v) is 11.6. The Kier molecular flexibility index (Phi) is 7.33. The van der Waals surface area contributed by atoms with Gasteiger partial charge in [0.15, 0.2) is 0 Å². The molecule has 1 aromatic rings. The number of esters is 1. The number of rotatable bonds is 8. The van der Waals surface area contributed by atoms with Gasteiger partial charge in [0.2, 0.25) is 0 Å². The summed E-state index contributed by atoms with van der Waals surface area (Å²) in [6, 6.07) is 9.68. The zero-order valence-electron chi connectivity index (χ0n) is 11.6. The maximum Gasteiger partial charge on any atom is 0.311 e. The van der Waals surface area contributed by atoms with E-state index in [-0.39, 0.29) is 5.97 Å². The molecule has 19 heavy (non-hydrogen) atoms. The van der Waals surface area contributed by atoms with Crippen LogP contribution in [0, 0.1) is 0 Å². The van der Waals surface area contributed by atoms with Crippen molar-refractivity contribution in [3.63, 3.8) is 0 Å². The average Bonchev–Trinajstić information content (AvgIpc) is 2.44. The van der Waals surface area contributed by atoms with E-state index in [0.29, 0.717) is 18.6 Å². The third-order valence-electron chi connectivity index (χ3n) is 2.74. The first-order valence-electron chi connectivity index (χ1n) is 6.85. The van der Waals surface area contributed by atoms with E-state index in [9.17, 15) is 4.79 Å². The van der Waals surface area contributed by atoms with Crippen LogP contribution in [0.2, 0.25) is 0 Å². The molecule has 0 fully saturated rings. The van der Waals surface area contributed by atoms with Crippen molar-refractivity contribution in [3.8, 4) is 0 Å². The second kappa shape index (κ2) is 9.15. The van der Waals surface area contributed by atoms with Crippen LogP contribution < -0.4 is 0 Å². The Morgan fingerprint density at radius 2 is 2.00 bits per heavy atom. The smallest absolute Gasteiger partial charge is 0.311 e. The molecule has 2 heteroatoms. The second-order valence-corrected chi connectivity index (χ2v) is 4.39. The molecule has 0 spiro atoms. The third kappa shape index (κ3) is 6.05. The topological polar surface area (TPSA) is 26.3 Å². The Morgan fingerprint density at radius 1 is 1.26 bits per heavy atom. The molecule has 0 aromatic heterocycles. The summed E-state index contributed by atoms with van der Waals surface area (Å²) in [5.41, 5.74) is 0.924. The van der Waals surface area contributed by atoms with E-state index in [1.165, 1.54) is 0 Å². The van der Waals surface area contributed by atoms with Crippen LogP contribution in [-0.2, 0) is 9.53 Å². The van der Waals surface area contributed by atoms with Crippen LogP contribution in [0.5, 0.6) is 0 Å². The van der Waals surface area contributed by atoms with E-state index in [2.05, 4.69) is 13.5 Å². The van der Waals surface area contributed by atoms with E-state index >= 15 is 0 Å². The summed E-state index contributed by atoms with van der Waals surface area (Å²) < 4.78 is 5.46. The lowest BCUT2D eigenvalue weighted by molar-refractivity contribution is -0.136. The molecule has 0 amide bonds. The van der Waals surface area contributed by atoms with Crippen molar-refractivity contribution in [1.29, 1.82) is 0 Å². The van der Waals surface area contributed by atoms with Crippen LogP contribution in [0.4, 0.5) is 0 Å². The van der Waals surface area contributed by atoms with Crippen molar-refractivity contribution in [2.24, 2.45) is 0 Å². The summed E-state index contributed by atoms with van der Waals surface area (Å²) in [5.74, 6) is 0.467. The lowest BCUT2D eigenvalue weighted by atomic mass is 10.1. The fraction of sp³-hybridized carbons (Fsp3) is 0.353. The molecule has 1 aromatic carbocycles. The summed E-state index contributed by atoms with van der Waals surface area (Å²) in [6.45, 7) is 5.80. The van der Waals surface area contributed by atoms with Gasteiger partial charge in [-0.25, -0.2) is 0 Å². The lowest BCUT2D eigenvalue weighted by Crippen LogP contribution is -2.03. The largest absolute Gasteiger partial charge is 0.426 e. The van der Waals surface area contributed by atoms with Crippen molar-refractivity contribution >= 4 is 11.7 Å². The summed E-state index contributed by atoms with van der Waals surface area (Å²) in [6.07, 6.45) is 7.89. The van der Waals surface area contributed by atoms with Crippen molar-refractivity contribution in [3.05, 3.63) is 54.6 Å². The fourth-order valence-electron chi connectivity index (χ4n) is 1.70. The highest BCUT2D eigenvalue weighted by Gasteiger charge is 2.08. The van der Waals surface area contributed by atoms with Crippen molar-refractivity contribution in [2.75, 3.05) is 0 Å². The molecular formula is C17H22O2. The molecule has 0 aliphatic heterocycles. The van der Waals surface area contributed by atoms with Crippen LogP contribution in [0.1, 0.15) is 44.6 Å². The van der Waals surface area contributed by atoms with Crippen LogP contribution in [0.3, 0.4) is 0 Å². The monoisotopic (exact) mass is 258 g/mol. The summed E-state index contributed by atoms with van der Waals surface area (Å²) in [4.78, 5) is 11.8. The highest BCUT2D eigenvalue weighted by Crippen LogP contribution is 2.18. The first kappa shape index (κ1) is 15.2. The van der Waals surface area contributed by atoms with E-state index < -0.39 is 0 Å². The van der Waals surface area contributed by atoms with Crippen molar-refractivity contribution in [1.82, 2.24) is 0 Å². The Morgan fingerprint density at radius 3 is 2.63 bits per heavy atom. The van der Waals surface area contributed by atoms with Gasteiger partial charge in [-0.1, -0.05) is 56.2 Å². The molecular weight excluding hydrogens is 236 g/mol. The van der Waals surface area contributed by atoms with Crippen molar-refractivity contribution in [2.45, 2.75) is 39.0 Å². The predicted octanol–water partition coefficient (Wildman–Crippen LogP) is 4.73. The number of allylic oxidation sites excluding steroid dienone is 2. The van der Waals surface area contributed by atoms with Gasteiger partial charge in [-0.05, 0) is 18.9 Å². The molecule has 0 saturated heterocycles. The standard InChI is InChI=1S/C17H22O2/c1-3-5-8-14-17(18)19-16(13-6-4-2)15-11-9-7-10-12-15/h4,7,9-13H,2-3,5-6,8,14H2,1H3. The molecule has 0 N–H and O–H groups in total. The van der Waals surface area contributed by atoms with Crippen molar-refractivity contribution < 1.29 is 9.53 Å². The number of carbonyl (C=O) groups excluding carboxylic acids is 1. The number of hydrogen-bond acceptors (Lipinski definition) is 2. The maximum absolute atomic E-state index is 11.8. The van der Waals surface area contributed by atoms with Crippen LogP contribution >= 0.6 is 0 Å². The molecule has 0 atom stereocenters.